The summed E-state index contributed by atoms with van der Waals surface area (Å²) < 4.78 is 91.0. The molecule has 0 amide bonds. The molecule has 14 nitrogen and oxygen atoms in total. The highest BCUT2D eigenvalue weighted by atomic mass is 35.5. The topological polar surface area (TPSA) is 175 Å². The first-order chi connectivity index (χ1) is 48.1. The van der Waals surface area contributed by atoms with E-state index < -0.39 is 6.36 Å². The van der Waals surface area contributed by atoms with Crippen molar-refractivity contribution in [3.8, 4) is 89.9 Å². The van der Waals surface area contributed by atoms with E-state index in [0.717, 1.165) is 96.9 Å². The molecule has 0 saturated carbocycles. The van der Waals surface area contributed by atoms with Gasteiger partial charge in [0.1, 0.15) is 17.3 Å². The number of oxazole rings is 6. The van der Waals surface area contributed by atoms with Crippen LogP contribution in [0.4, 0.5) is 17.6 Å². The number of methoxy groups -OCH3 is 1. The van der Waals surface area contributed by atoms with Gasteiger partial charge in [-0.25, -0.2) is 34.3 Å². The zero-order valence-corrected chi connectivity index (χ0v) is 60.7. The van der Waals surface area contributed by atoms with Crippen LogP contribution in [-0.4, -0.2) is 43.4 Å². The molecule has 0 atom stereocenters. The van der Waals surface area contributed by atoms with Gasteiger partial charge in [0.05, 0.1) is 41.3 Å². The van der Waals surface area contributed by atoms with Crippen LogP contribution in [0.1, 0.15) is 86.2 Å². The van der Waals surface area contributed by atoms with Crippen molar-refractivity contribution in [3.63, 3.8) is 0 Å². The third kappa shape index (κ3) is 22.3. The summed E-state index contributed by atoms with van der Waals surface area (Å²) in [7, 11) is 1.65. The fourth-order valence-corrected chi connectivity index (χ4v) is 11.6. The van der Waals surface area contributed by atoms with Crippen molar-refractivity contribution < 1.29 is 53.5 Å². The minimum atomic E-state index is -4.70. The summed E-state index contributed by atoms with van der Waals surface area (Å²) in [6, 6.07) is 56.3. The first-order valence-electron chi connectivity index (χ1n) is 32.0. The average molecular weight is 1410 g/mol. The number of alkyl halides is 3. The molecule has 0 aliphatic heterocycles. The number of thiophene rings is 1. The Kier molecular flexibility index (Phi) is 26.5. The van der Waals surface area contributed by atoms with Gasteiger partial charge in [-0.15, -0.1) is 24.5 Å². The van der Waals surface area contributed by atoms with Crippen LogP contribution in [-0.2, 0) is 0 Å². The summed E-state index contributed by atoms with van der Waals surface area (Å²) in [4.78, 5) is 26.5. The van der Waals surface area contributed by atoms with E-state index in [0.29, 0.717) is 51.4 Å². The summed E-state index contributed by atoms with van der Waals surface area (Å²) in [5, 5.41) is 2.85. The molecular formula is C81H79ClF4N6O8S. The van der Waals surface area contributed by atoms with Crippen molar-refractivity contribution in [3.05, 3.63) is 284 Å². The molecule has 7 aromatic carbocycles. The van der Waals surface area contributed by atoms with Crippen LogP contribution in [0.15, 0.2) is 214 Å². The van der Waals surface area contributed by atoms with Crippen LogP contribution in [0, 0.1) is 110 Å². The molecule has 7 heterocycles. The molecule has 0 spiro atoms. The minimum Gasteiger partial charge on any atom is -0.497 e. The Morgan fingerprint density at radius 1 is 0.347 bits per heavy atom. The predicted molar refractivity (Wildman–Crippen MR) is 391 cm³/mol. The van der Waals surface area contributed by atoms with E-state index in [2.05, 4.69) is 103 Å². The first-order valence-corrected chi connectivity index (χ1v) is 33.3. The summed E-state index contributed by atoms with van der Waals surface area (Å²) in [6.45, 7) is 28.6. The molecule has 0 fully saturated rings. The summed E-state index contributed by atoms with van der Waals surface area (Å²) in [5.74, 6) is 8.58. The van der Waals surface area contributed by atoms with Crippen LogP contribution in [0.3, 0.4) is 0 Å². The van der Waals surface area contributed by atoms with Crippen molar-refractivity contribution in [2.75, 3.05) is 7.11 Å². The molecule has 14 aromatic rings. The Balaban J connectivity index is 0.000000150. The molecule has 0 aliphatic carbocycles. The Hall–Kier alpha value is -10.9. The minimum absolute atomic E-state index is 0.268. The molecule has 20 heteroatoms. The van der Waals surface area contributed by atoms with Gasteiger partial charge in [-0.05, 0) is 139 Å². The maximum atomic E-state index is 12.9. The number of hydrogen-bond donors (Lipinski definition) is 0. The number of aryl methyl sites for hydroxylation is 15. The van der Waals surface area contributed by atoms with Gasteiger partial charge >= 0.3 is 6.36 Å². The van der Waals surface area contributed by atoms with Crippen molar-refractivity contribution >= 4 is 22.9 Å². The predicted octanol–water partition coefficient (Wildman–Crippen LogP) is 23.8. The van der Waals surface area contributed by atoms with E-state index in [1.807, 2.05) is 165 Å². The molecule has 7 aromatic heterocycles. The average Bonchev–Trinajstić information content (AvgIpc) is 1.21. The molecule has 522 valence electrons. The van der Waals surface area contributed by atoms with Crippen molar-refractivity contribution in [2.24, 2.45) is 0 Å². The monoisotopic (exact) mass is 1410 g/mol. The van der Waals surface area contributed by atoms with Gasteiger partial charge in [-0.1, -0.05) is 144 Å². The second-order valence-corrected chi connectivity index (χ2v) is 24.6. The summed E-state index contributed by atoms with van der Waals surface area (Å²) >= 11 is 7.70. The number of nitrogens with zero attached hydrogens (tertiary/aromatic N) is 6. The lowest BCUT2D eigenvalue weighted by Gasteiger charge is -2.09. The van der Waals surface area contributed by atoms with E-state index in [1.54, 1.807) is 46.1 Å². The van der Waals surface area contributed by atoms with Crippen molar-refractivity contribution in [1.29, 1.82) is 0 Å². The lowest BCUT2D eigenvalue weighted by Crippen LogP contribution is -2.17. The smallest absolute Gasteiger partial charge is 0.497 e. The lowest BCUT2D eigenvalue weighted by atomic mass is 10.1. The van der Waals surface area contributed by atoms with Gasteiger partial charge in [0.15, 0.2) is 69.9 Å². The third-order valence-corrected chi connectivity index (χ3v) is 16.0. The molecule has 14 rings (SSSR count). The largest absolute Gasteiger partial charge is 0.573 e. The molecule has 0 N–H and O–H groups in total. The Bertz CT molecular complexity index is 4770. The molecule has 0 aliphatic rings. The zero-order valence-electron chi connectivity index (χ0n) is 59.1. The summed E-state index contributed by atoms with van der Waals surface area (Å²) in [6.07, 6.45) is -4.70. The highest BCUT2D eigenvalue weighted by molar-refractivity contribution is 7.13. The number of hydrogen-bond acceptors (Lipinski definition) is 15. The van der Waals surface area contributed by atoms with Crippen LogP contribution >= 0.6 is 22.9 Å². The molecule has 0 saturated heterocycles. The number of aromatic nitrogens is 6. The highest BCUT2D eigenvalue weighted by Gasteiger charge is 2.31. The van der Waals surface area contributed by atoms with Gasteiger partial charge in [-0.2, -0.15) is 0 Å². The van der Waals surface area contributed by atoms with Gasteiger partial charge in [0, 0.05) is 84.8 Å². The standard InChI is InChI=1S/C12H10F3NO2.C12H13NO2.C12H13NO.C12H12S.C11H10ClNO.C11H10FNO.C11H11NO/c1-7-11(17-8(2)16-7)9-4-3-5-10(6-9)18-12(13,14)15;1-8-12(15-9(2)13-8)10-5-4-6-11(7-10)14-3;1-8-5-4-6-11(7-8)12-9(2)13-10(3)14-12;1-9-4-3-5-11(8-9)12-10(2)6-7-13-12;2*1-7-11(14-8(2)13-7)9-4-3-5-10(12)6-9;1-8-11(13-9(2)12-8)10-6-4-3-5-7-10/h3-6H,1-2H3;4-7H,1-3H3;4-7H,1-3H3;3-8H,1-2H3;2*3-6H,1-2H3;3-7H,1-2H3. The van der Waals surface area contributed by atoms with Gasteiger partial charge in [-0.3, -0.25) is 0 Å². The second-order valence-electron chi connectivity index (χ2n) is 23.3. The molecule has 101 heavy (non-hydrogen) atoms. The number of benzene rings is 7. The van der Waals surface area contributed by atoms with Gasteiger partial charge in [0.25, 0.3) is 0 Å². The van der Waals surface area contributed by atoms with Gasteiger partial charge < -0.3 is 36.0 Å². The zero-order chi connectivity index (χ0) is 73.1. The number of ether oxygens (including phenoxy) is 2. The second kappa shape index (κ2) is 35.2. The third-order valence-electron chi connectivity index (χ3n) is 14.7. The number of rotatable bonds is 9. The van der Waals surface area contributed by atoms with E-state index in [9.17, 15) is 17.6 Å². The van der Waals surface area contributed by atoms with E-state index in [-0.39, 0.29) is 11.6 Å². The van der Waals surface area contributed by atoms with E-state index >= 15 is 0 Å². The van der Waals surface area contributed by atoms with Crippen LogP contribution < -0.4 is 9.47 Å². The molecule has 0 radical (unpaired) electrons. The fraction of sp³-hybridized carbons (Fsp3) is 0.210. The first kappa shape index (κ1) is 75.9. The Morgan fingerprint density at radius 3 is 1.03 bits per heavy atom. The van der Waals surface area contributed by atoms with Crippen LogP contribution in [0.25, 0.3) is 78.4 Å². The SMILES string of the molecule is COc1cccc(-c2oc(C)nc2C)c1.Cc1cccc(-c2oc(C)nc2C)c1.Cc1cccc(-c2sccc2C)c1.Cc1nc(C)c(-c2cccc(Cl)c2)o1.Cc1nc(C)c(-c2cccc(F)c2)o1.Cc1nc(C)c(-c2cccc(OC(F)(F)F)c2)o1.Cc1nc(C)c(-c2ccccc2)o1. The quantitative estimate of drug-likeness (QED) is 0.125. The molecule has 0 unspecified atom stereocenters. The molecule has 0 bridgehead atoms. The summed E-state index contributed by atoms with van der Waals surface area (Å²) in [5.41, 5.74) is 15.7. The maximum absolute atomic E-state index is 12.9. The Morgan fingerprint density at radius 2 is 0.673 bits per heavy atom. The van der Waals surface area contributed by atoms with Crippen LogP contribution in [0.5, 0.6) is 11.5 Å². The van der Waals surface area contributed by atoms with Crippen molar-refractivity contribution in [2.45, 2.75) is 110 Å². The fourth-order valence-electron chi connectivity index (χ4n) is 10.5. The number of halogens is 5. The normalized spacial score (nSPS) is 10.6. The van der Waals surface area contributed by atoms with E-state index in [4.69, 9.17) is 42.8 Å². The maximum Gasteiger partial charge on any atom is 0.573 e. The van der Waals surface area contributed by atoms with Crippen LogP contribution in [0.2, 0.25) is 5.02 Å². The van der Waals surface area contributed by atoms with E-state index in [1.165, 1.54) is 57.5 Å². The lowest BCUT2D eigenvalue weighted by molar-refractivity contribution is -0.274. The van der Waals surface area contributed by atoms with Gasteiger partial charge in [0.2, 0.25) is 0 Å². The molecular weight excluding hydrogens is 1330 g/mol. The Labute approximate surface area is 594 Å². The van der Waals surface area contributed by atoms with Crippen molar-refractivity contribution in [1.82, 2.24) is 29.9 Å². The highest BCUT2D eigenvalue weighted by Crippen LogP contribution is 2.34.